The summed E-state index contributed by atoms with van der Waals surface area (Å²) in [6, 6.07) is 7.43. The Balaban J connectivity index is 2.03. The van der Waals surface area contributed by atoms with Gasteiger partial charge in [0.05, 0.1) is 11.7 Å². The maximum Gasteiger partial charge on any atom is 0.121 e. The lowest BCUT2D eigenvalue weighted by Crippen LogP contribution is -2.25. The zero-order valence-electron chi connectivity index (χ0n) is 10.9. The summed E-state index contributed by atoms with van der Waals surface area (Å²) in [7, 11) is 0. The van der Waals surface area contributed by atoms with E-state index < -0.39 is 0 Å². The van der Waals surface area contributed by atoms with Crippen molar-refractivity contribution >= 4 is 5.69 Å². The van der Waals surface area contributed by atoms with Gasteiger partial charge in [-0.15, -0.1) is 0 Å². The number of nitrogen functional groups attached to an aromatic ring is 1. The van der Waals surface area contributed by atoms with Gasteiger partial charge in [0.15, 0.2) is 0 Å². The second-order valence-corrected chi connectivity index (χ2v) is 5.04. The summed E-state index contributed by atoms with van der Waals surface area (Å²) in [6.45, 7) is 2.24. The van der Waals surface area contributed by atoms with Gasteiger partial charge in [-0.25, -0.2) is 0 Å². The van der Waals surface area contributed by atoms with Gasteiger partial charge in [-0.3, -0.25) is 0 Å². The SMILES string of the molecule is CCC1CCCC(Oc2ccc(N)c(C#N)c2)C1. The first-order valence-electron chi connectivity index (χ1n) is 6.69. The molecule has 0 amide bonds. The molecule has 0 aliphatic heterocycles. The third-order valence-corrected chi connectivity index (χ3v) is 3.76. The van der Waals surface area contributed by atoms with Gasteiger partial charge >= 0.3 is 0 Å². The van der Waals surface area contributed by atoms with E-state index in [0.717, 1.165) is 24.5 Å². The van der Waals surface area contributed by atoms with E-state index in [1.807, 2.05) is 6.07 Å². The van der Waals surface area contributed by atoms with Crippen molar-refractivity contribution in [1.82, 2.24) is 0 Å². The minimum atomic E-state index is 0.291. The summed E-state index contributed by atoms with van der Waals surface area (Å²) in [6.07, 6.45) is 6.32. The van der Waals surface area contributed by atoms with Gasteiger partial charge in [0.1, 0.15) is 11.8 Å². The van der Waals surface area contributed by atoms with Crippen LogP contribution in [0.5, 0.6) is 5.75 Å². The van der Waals surface area contributed by atoms with Crippen molar-refractivity contribution in [2.24, 2.45) is 5.92 Å². The van der Waals surface area contributed by atoms with E-state index in [0.29, 0.717) is 17.4 Å². The first-order chi connectivity index (χ1) is 8.72. The predicted molar refractivity (Wildman–Crippen MR) is 72.2 cm³/mol. The fraction of sp³-hybridized carbons (Fsp3) is 0.533. The summed E-state index contributed by atoms with van der Waals surface area (Å²) in [4.78, 5) is 0. The normalized spacial score (nSPS) is 23.3. The van der Waals surface area contributed by atoms with E-state index in [9.17, 15) is 0 Å². The van der Waals surface area contributed by atoms with Crippen molar-refractivity contribution in [2.75, 3.05) is 5.73 Å². The summed E-state index contributed by atoms with van der Waals surface area (Å²) in [5.74, 6) is 1.55. The predicted octanol–water partition coefficient (Wildman–Crippen LogP) is 3.49. The average Bonchev–Trinajstić information content (AvgIpc) is 2.41. The Kier molecular flexibility index (Phi) is 4.09. The minimum absolute atomic E-state index is 0.291. The first-order valence-corrected chi connectivity index (χ1v) is 6.69. The van der Waals surface area contributed by atoms with Crippen LogP contribution in [-0.2, 0) is 0 Å². The number of rotatable bonds is 3. The highest BCUT2D eigenvalue weighted by Crippen LogP contribution is 2.30. The summed E-state index contributed by atoms with van der Waals surface area (Å²) >= 11 is 0. The fourth-order valence-electron chi connectivity index (χ4n) is 2.62. The molecule has 1 fully saturated rings. The largest absolute Gasteiger partial charge is 0.490 e. The third-order valence-electron chi connectivity index (χ3n) is 3.76. The molecule has 1 aromatic rings. The number of nitrogens with two attached hydrogens (primary N) is 1. The summed E-state index contributed by atoms with van der Waals surface area (Å²) < 4.78 is 5.98. The van der Waals surface area contributed by atoms with Crippen LogP contribution >= 0.6 is 0 Å². The van der Waals surface area contributed by atoms with E-state index >= 15 is 0 Å². The zero-order chi connectivity index (χ0) is 13.0. The maximum absolute atomic E-state index is 8.94. The number of ether oxygens (including phenoxy) is 1. The maximum atomic E-state index is 8.94. The Hall–Kier alpha value is -1.69. The van der Waals surface area contributed by atoms with Gasteiger partial charge in [-0.05, 0) is 43.4 Å². The van der Waals surface area contributed by atoms with Crippen LogP contribution in [0.3, 0.4) is 0 Å². The van der Waals surface area contributed by atoms with Gasteiger partial charge in [0, 0.05) is 5.69 Å². The lowest BCUT2D eigenvalue weighted by molar-refractivity contribution is 0.122. The van der Waals surface area contributed by atoms with Crippen LogP contribution in [0.2, 0.25) is 0 Å². The molecule has 1 aliphatic rings. The molecule has 3 heteroatoms. The zero-order valence-corrected chi connectivity index (χ0v) is 10.9. The number of hydrogen-bond donors (Lipinski definition) is 1. The number of nitriles is 1. The lowest BCUT2D eigenvalue weighted by Gasteiger charge is -2.29. The second kappa shape index (κ2) is 5.77. The molecule has 1 saturated carbocycles. The van der Waals surface area contributed by atoms with Crippen molar-refractivity contribution in [3.8, 4) is 11.8 Å². The van der Waals surface area contributed by atoms with Crippen LogP contribution in [0.1, 0.15) is 44.6 Å². The van der Waals surface area contributed by atoms with E-state index in [1.165, 1.54) is 19.3 Å². The molecule has 0 saturated heterocycles. The van der Waals surface area contributed by atoms with Gasteiger partial charge in [0.25, 0.3) is 0 Å². The molecule has 0 radical (unpaired) electrons. The van der Waals surface area contributed by atoms with Crippen molar-refractivity contribution in [3.63, 3.8) is 0 Å². The molecule has 18 heavy (non-hydrogen) atoms. The topological polar surface area (TPSA) is 59.0 Å². The van der Waals surface area contributed by atoms with Gasteiger partial charge in [0.2, 0.25) is 0 Å². The molecule has 0 spiro atoms. The molecule has 2 rings (SSSR count). The highest BCUT2D eigenvalue weighted by molar-refractivity contribution is 5.56. The molecule has 0 aromatic heterocycles. The fourth-order valence-corrected chi connectivity index (χ4v) is 2.62. The van der Waals surface area contributed by atoms with Gasteiger partial charge in [-0.2, -0.15) is 5.26 Å². The molecule has 2 atom stereocenters. The Morgan fingerprint density at radius 1 is 1.44 bits per heavy atom. The van der Waals surface area contributed by atoms with Crippen LogP contribution < -0.4 is 10.5 Å². The monoisotopic (exact) mass is 244 g/mol. The van der Waals surface area contributed by atoms with Crippen LogP contribution in [0.15, 0.2) is 18.2 Å². The lowest BCUT2D eigenvalue weighted by atomic mass is 9.85. The highest BCUT2D eigenvalue weighted by Gasteiger charge is 2.22. The molecule has 0 bridgehead atoms. The van der Waals surface area contributed by atoms with Gasteiger partial charge < -0.3 is 10.5 Å². The van der Waals surface area contributed by atoms with Crippen molar-refractivity contribution in [2.45, 2.75) is 45.1 Å². The number of anilines is 1. The highest BCUT2D eigenvalue weighted by atomic mass is 16.5. The minimum Gasteiger partial charge on any atom is -0.490 e. The first kappa shape index (κ1) is 12.8. The van der Waals surface area contributed by atoms with Crippen molar-refractivity contribution in [1.29, 1.82) is 5.26 Å². The summed E-state index contributed by atoms with van der Waals surface area (Å²) in [5, 5.41) is 8.94. The molecule has 2 N–H and O–H groups in total. The Bertz CT molecular complexity index is 450. The molecule has 1 aliphatic carbocycles. The molecule has 1 aromatic carbocycles. The Labute approximate surface area is 109 Å². The number of benzene rings is 1. The van der Waals surface area contributed by atoms with E-state index in [-0.39, 0.29) is 0 Å². The number of hydrogen-bond acceptors (Lipinski definition) is 3. The van der Waals surface area contributed by atoms with E-state index in [4.69, 9.17) is 15.7 Å². The van der Waals surface area contributed by atoms with Crippen LogP contribution in [-0.4, -0.2) is 6.10 Å². The second-order valence-electron chi connectivity index (χ2n) is 5.04. The molecular weight excluding hydrogens is 224 g/mol. The van der Waals surface area contributed by atoms with Crippen LogP contribution in [0, 0.1) is 17.2 Å². The van der Waals surface area contributed by atoms with Crippen molar-refractivity contribution < 1.29 is 4.74 Å². The molecule has 2 unspecified atom stereocenters. The quantitative estimate of drug-likeness (QED) is 0.828. The third kappa shape index (κ3) is 2.95. The average molecular weight is 244 g/mol. The molecule has 96 valence electrons. The summed E-state index contributed by atoms with van der Waals surface area (Å²) in [5.41, 5.74) is 6.71. The molecular formula is C15H20N2O. The Morgan fingerprint density at radius 2 is 2.28 bits per heavy atom. The Morgan fingerprint density at radius 3 is 3.00 bits per heavy atom. The van der Waals surface area contributed by atoms with E-state index in [2.05, 4.69) is 13.0 Å². The molecule has 0 heterocycles. The standard InChI is InChI=1S/C15H20N2O/c1-2-11-4-3-5-13(8-11)18-14-6-7-15(17)12(9-14)10-16/h6-7,9,11,13H,2-5,8,17H2,1H3. The van der Waals surface area contributed by atoms with Crippen LogP contribution in [0.4, 0.5) is 5.69 Å². The smallest absolute Gasteiger partial charge is 0.121 e. The van der Waals surface area contributed by atoms with Crippen molar-refractivity contribution in [3.05, 3.63) is 23.8 Å². The number of nitrogens with zero attached hydrogens (tertiary/aromatic N) is 1. The molecule has 3 nitrogen and oxygen atoms in total. The van der Waals surface area contributed by atoms with Gasteiger partial charge in [-0.1, -0.05) is 19.8 Å². The van der Waals surface area contributed by atoms with Crippen LogP contribution in [0.25, 0.3) is 0 Å². The van der Waals surface area contributed by atoms with E-state index in [1.54, 1.807) is 12.1 Å².